The largest absolute Gasteiger partial charge is 0.462 e. The average Bonchev–Trinajstić information content (AvgIpc) is 3.42. The lowest BCUT2D eigenvalue weighted by Crippen LogP contribution is -2.30. The minimum Gasteiger partial charge on any atom is -0.462 e. The summed E-state index contributed by atoms with van der Waals surface area (Å²) in [5.41, 5.74) is 0. The molecular formula is C70H132O6. The van der Waals surface area contributed by atoms with E-state index in [1.165, 1.54) is 270 Å². The lowest BCUT2D eigenvalue weighted by Gasteiger charge is -2.18. The van der Waals surface area contributed by atoms with Gasteiger partial charge in [0.25, 0.3) is 0 Å². The van der Waals surface area contributed by atoms with Gasteiger partial charge in [0.05, 0.1) is 0 Å². The molecule has 1 atom stereocenters. The highest BCUT2D eigenvalue weighted by molar-refractivity contribution is 5.71. The Bertz CT molecular complexity index is 1230. The van der Waals surface area contributed by atoms with Crippen molar-refractivity contribution in [3.63, 3.8) is 0 Å². The SMILES string of the molecule is CCCCC/C=C\C/C=C\CCCCCCCC(=O)OC(COC(=O)CCCCCCCCCCCCCCCC)COC(=O)CCCCCCCCCCCCCCCCCCCCCCCCCCCCCCC. The van der Waals surface area contributed by atoms with Gasteiger partial charge in [0, 0.05) is 19.3 Å². The number of allylic oxidation sites excluding steroid dienone is 4. The Kier molecular flexibility index (Phi) is 63.6. The van der Waals surface area contributed by atoms with E-state index in [0.29, 0.717) is 19.3 Å². The molecule has 0 N–H and O–H groups in total. The van der Waals surface area contributed by atoms with Crippen molar-refractivity contribution < 1.29 is 28.6 Å². The molecule has 0 saturated carbocycles. The van der Waals surface area contributed by atoms with Gasteiger partial charge in [-0.05, 0) is 51.4 Å². The highest BCUT2D eigenvalue weighted by Crippen LogP contribution is 2.19. The van der Waals surface area contributed by atoms with Crippen molar-refractivity contribution in [1.82, 2.24) is 0 Å². The zero-order valence-electron chi connectivity index (χ0n) is 51.6. The maximum Gasteiger partial charge on any atom is 0.306 e. The van der Waals surface area contributed by atoms with Gasteiger partial charge < -0.3 is 14.2 Å². The van der Waals surface area contributed by atoms with Crippen LogP contribution in [-0.2, 0) is 28.6 Å². The summed E-state index contributed by atoms with van der Waals surface area (Å²) in [5, 5.41) is 0. The topological polar surface area (TPSA) is 78.9 Å². The molecule has 6 nitrogen and oxygen atoms in total. The smallest absolute Gasteiger partial charge is 0.306 e. The van der Waals surface area contributed by atoms with Gasteiger partial charge in [-0.2, -0.15) is 0 Å². The molecule has 0 amide bonds. The van der Waals surface area contributed by atoms with Crippen molar-refractivity contribution in [3.05, 3.63) is 24.3 Å². The molecule has 0 aromatic heterocycles. The van der Waals surface area contributed by atoms with Gasteiger partial charge in [0.15, 0.2) is 6.10 Å². The van der Waals surface area contributed by atoms with Crippen LogP contribution in [0.4, 0.5) is 0 Å². The van der Waals surface area contributed by atoms with E-state index >= 15 is 0 Å². The summed E-state index contributed by atoms with van der Waals surface area (Å²) >= 11 is 0. The first-order valence-electron chi connectivity index (χ1n) is 34.3. The number of esters is 3. The van der Waals surface area contributed by atoms with Crippen molar-refractivity contribution in [3.8, 4) is 0 Å². The van der Waals surface area contributed by atoms with Crippen molar-refractivity contribution in [1.29, 1.82) is 0 Å². The molecule has 0 aromatic rings. The second-order valence-corrected chi connectivity index (χ2v) is 23.5. The summed E-state index contributed by atoms with van der Waals surface area (Å²) in [6.07, 6.45) is 79.3. The van der Waals surface area contributed by atoms with E-state index in [0.717, 1.165) is 77.0 Å². The summed E-state index contributed by atoms with van der Waals surface area (Å²) in [6.45, 7) is 6.68. The van der Waals surface area contributed by atoms with Gasteiger partial charge in [-0.3, -0.25) is 14.4 Å². The minimum absolute atomic E-state index is 0.0710. The zero-order chi connectivity index (χ0) is 55.0. The van der Waals surface area contributed by atoms with Gasteiger partial charge >= 0.3 is 17.9 Å². The Morgan fingerprint density at radius 3 is 0.750 bits per heavy atom. The van der Waals surface area contributed by atoms with Crippen LogP contribution in [-0.4, -0.2) is 37.2 Å². The van der Waals surface area contributed by atoms with Crippen molar-refractivity contribution in [2.24, 2.45) is 0 Å². The van der Waals surface area contributed by atoms with Crippen molar-refractivity contribution in [2.75, 3.05) is 13.2 Å². The van der Waals surface area contributed by atoms with Crippen LogP contribution in [0.5, 0.6) is 0 Å². The van der Waals surface area contributed by atoms with Crippen molar-refractivity contribution >= 4 is 17.9 Å². The highest BCUT2D eigenvalue weighted by atomic mass is 16.6. The van der Waals surface area contributed by atoms with Gasteiger partial charge in [0.1, 0.15) is 13.2 Å². The normalized spacial score (nSPS) is 12.1. The number of hydrogen-bond donors (Lipinski definition) is 0. The number of rotatable bonds is 64. The van der Waals surface area contributed by atoms with E-state index in [-0.39, 0.29) is 31.1 Å². The third kappa shape index (κ3) is 62.7. The summed E-state index contributed by atoms with van der Waals surface area (Å²) < 4.78 is 16.9. The van der Waals surface area contributed by atoms with E-state index in [4.69, 9.17) is 14.2 Å². The van der Waals surface area contributed by atoms with Gasteiger partial charge in [0.2, 0.25) is 0 Å². The molecule has 0 aliphatic heterocycles. The monoisotopic (exact) mass is 1070 g/mol. The van der Waals surface area contributed by atoms with Crippen LogP contribution in [0.25, 0.3) is 0 Å². The molecule has 1 unspecified atom stereocenters. The molecule has 0 aliphatic rings. The number of carbonyl (C=O) groups is 3. The Morgan fingerprint density at radius 1 is 0.263 bits per heavy atom. The maximum absolute atomic E-state index is 12.9. The molecule has 0 spiro atoms. The third-order valence-electron chi connectivity index (χ3n) is 15.7. The Labute approximate surface area is 474 Å². The van der Waals surface area contributed by atoms with Crippen LogP contribution in [0, 0.1) is 0 Å². The maximum atomic E-state index is 12.9. The summed E-state index contributed by atoms with van der Waals surface area (Å²) in [6, 6.07) is 0. The molecule has 0 fully saturated rings. The van der Waals surface area contributed by atoms with E-state index in [1.807, 2.05) is 0 Å². The standard InChI is InChI=1S/C70H132O6/c1-4-7-10-13-16-19-22-25-28-29-30-31-32-33-34-35-36-37-38-39-40-41-43-45-48-51-54-57-60-63-69(72)75-66-67(65-74-68(71)62-59-56-53-50-47-44-27-24-21-18-15-12-9-6-3)76-70(73)64-61-58-55-52-49-46-42-26-23-20-17-14-11-8-5-2/h17,20,26,42,67H,4-16,18-19,21-25,27-41,43-66H2,1-3H3/b20-17-,42-26-. The first kappa shape index (κ1) is 73.9. The molecule has 0 aromatic carbocycles. The Morgan fingerprint density at radius 2 is 0.474 bits per heavy atom. The fraction of sp³-hybridized carbons (Fsp3) is 0.900. The predicted octanol–water partition coefficient (Wildman–Crippen LogP) is 23.4. The number of unbranched alkanes of at least 4 members (excludes halogenated alkanes) is 49. The van der Waals surface area contributed by atoms with E-state index < -0.39 is 6.10 Å². The molecule has 6 heteroatoms. The fourth-order valence-electron chi connectivity index (χ4n) is 10.5. The van der Waals surface area contributed by atoms with E-state index in [1.54, 1.807) is 0 Å². The first-order valence-corrected chi connectivity index (χ1v) is 34.3. The van der Waals surface area contributed by atoms with E-state index in [2.05, 4.69) is 45.1 Å². The third-order valence-corrected chi connectivity index (χ3v) is 15.7. The molecule has 448 valence electrons. The minimum atomic E-state index is -0.775. The van der Waals surface area contributed by atoms with Crippen molar-refractivity contribution in [2.45, 2.75) is 393 Å². The Hall–Kier alpha value is -2.11. The second kappa shape index (κ2) is 65.4. The zero-order valence-corrected chi connectivity index (χ0v) is 51.6. The molecule has 0 radical (unpaired) electrons. The lowest BCUT2D eigenvalue weighted by molar-refractivity contribution is -0.167. The summed E-state index contributed by atoms with van der Waals surface area (Å²) in [5.74, 6) is -0.856. The summed E-state index contributed by atoms with van der Waals surface area (Å²) in [4.78, 5) is 38.3. The number of hydrogen-bond acceptors (Lipinski definition) is 6. The molecule has 0 rings (SSSR count). The van der Waals surface area contributed by atoms with Crippen LogP contribution in [0.3, 0.4) is 0 Å². The van der Waals surface area contributed by atoms with E-state index in [9.17, 15) is 14.4 Å². The molecule has 0 bridgehead atoms. The highest BCUT2D eigenvalue weighted by Gasteiger charge is 2.19. The molecule has 0 saturated heterocycles. The van der Waals surface area contributed by atoms with Gasteiger partial charge in [-0.15, -0.1) is 0 Å². The lowest BCUT2D eigenvalue weighted by atomic mass is 10.0. The predicted molar refractivity (Wildman–Crippen MR) is 330 cm³/mol. The fourth-order valence-corrected chi connectivity index (χ4v) is 10.5. The molecule has 0 aliphatic carbocycles. The van der Waals surface area contributed by atoms with Crippen LogP contribution < -0.4 is 0 Å². The number of ether oxygens (including phenoxy) is 3. The van der Waals surface area contributed by atoms with Crippen LogP contribution >= 0.6 is 0 Å². The average molecular weight is 1070 g/mol. The quantitative estimate of drug-likeness (QED) is 0.0261. The van der Waals surface area contributed by atoms with Gasteiger partial charge in [-0.1, -0.05) is 340 Å². The first-order chi connectivity index (χ1) is 37.5. The molecule has 0 heterocycles. The number of carbonyl (C=O) groups excluding carboxylic acids is 3. The van der Waals surface area contributed by atoms with Crippen LogP contribution in [0.1, 0.15) is 387 Å². The Balaban J connectivity index is 4.15. The van der Waals surface area contributed by atoms with Gasteiger partial charge in [-0.25, -0.2) is 0 Å². The summed E-state index contributed by atoms with van der Waals surface area (Å²) in [7, 11) is 0. The molecular weight excluding hydrogens is 937 g/mol. The van der Waals surface area contributed by atoms with Crippen LogP contribution in [0.2, 0.25) is 0 Å². The van der Waals surface area contributed by atoms with Crippen LogP contribution in [0.15, 0.2) is 24.3 Å². The molecule has 76 heavy (non-hydrogen) atoms. The second-order valence-electron chi connectivity index (χ2n) is 23.5.